The molecule has 9 nitrogen and oxygen atoms in total. The predicted octanol–water partition coefficient (Wildman–Crippen LogP) is 2.98. The number of ether oxygens (including phenoxy) is 1. The van der Waals surface area contributed by atoms with E-state index in [0.29, 0.717) is 41.7 Å². The van der Waals surface area contributed by atoms with Crippen molar-refractivity contribution in [2.75, 3.05) is 36.6 Å². The van der Waals surface area contributed by atoms with Crippen molar-refractivity contribution in [1.82, 2.24) is 15.3 Å². The van der Waals surface area contributed by atoms with Gasteiger partial charge in [-0.05, 0) is 48.9 Å². The lowest BCUT2D eigenvalue weighted by Crippen LogP contribution is -2.29. The lowest BCUT2D eigenvalue weighted by molar-refractivity contribution is 0.249. The third kappa shape index (κ3) is 5.58. The summed E-state index contributed by atoms with van der Waals surface area (Å²) in [6.45, 7) is 0.429. The fourth-order valence-corrected chi connectivity index (χ4v) is 2.73. The van der Waals surface area contributed by atoms with Gasteiger partial charge in [0.2, 0.25) is 5.95 Å². The molecule has 1 heterocycles. The number of anilines is 4. The highest BCUT2D eigenvalue weighted by atomic mass is 16.5. The Morgan fingerprint density at radius 2 is 2.00 bits per heavy atom. The SMILES string of the molecule is COc1ccc(-c2ccnc(Nc3cccc(NC(=O)NCCCO)c3)n2)cc1N. The van der Waals surface area contributed by atoms with Crippen molar-refractivity contribution in [2.45, 2.75) is 6.42 Å². The Morgan fingerprint density at radius 3 is 2.77 bits per heavy atom. The number of nitrogens with one attached hydrogen (secondary N) is 3. The number of aliphatic hydroxyl groups excluding tert-OH is 1. The van der Waals surface area contributed by atoms with Crippen LogP contribution in [-0.2, 0) is 0 Å². The van der Waals surface area contributed by atoms with Crippen LogP contribution in [0.3, 0.4) is 0 Å². The molecule has 0 aliphatic carbocycles. The minimum Gasteiger partial charge on any atom is -0.495 e. The van der Waals surface area contributed by atoms with Gasteiger partial charge in [-0.1, -0.05) is 6.07 Å². The molecule has 1 aromatic heterocycles. The summed E-state index contributed by atoms with van der Waals surface area (Å²) in [5.41, 5.74) is 9.39. The summed E-state index contributed by atoms with van der Waals surface area (Å²) in [6.07, 6.45) is 2.16. The van der Waals surface area contributed by atoms with Crippen LogP contribution in [0.1, 0.15) is 6.42 Å². The van der Waals surface area contributed by atoms with Crippen molar-refractivity contribution in [1.29, 1.82) is 0 Å². The van der Waals surface area contributed by atoms with E-state index in [1.165, 1.54) is 0 Å². The lowest BCUT2D eigenvalue weighted by Gasteiger charge is -2.11. The molecule has 0 saturated heterocycles. The maximum Gasteiger partial charge on any atom is 0.319 e. The van der Waals surface area contributed by atoms with E-state index in [1.54, 1.807) is 49.7 Å². The molecule has 0 aliphatic rings. The third-order valence-electron chi connectivity index (χ3n) is 4.18. The quantitative estimate of drug-likeness (QED) is 0.286. The molecule has 30 heavy (non-hydrogen) atoms. The Hall–Kier alpha value is -3.85. The number of carbonyl (C=O) groups is 1. The fraction of sp³-hybridized carbons (Fsp3) is 0.190. The molecule has 0 unspecified atom stereocenters. The van der Waals surface area contributed by atoms with Crippen LogP contribution in [-0.4, -0.2) is 41.4 Å². The number of hydrogen-bond acceptors (Lipinski definition) is 7. The molecule has 0 aliphatic heterocycles. The van der Waals surface area contributed by atoms with Gasteiger partial charge >= 0.3 is 6.03 Å². The number of carbonyl (C=O) groups excluding carboxylic acids is 1. The van der Waals surface area contributed by atoms with Crippen LogP contribution in [0.5, 0.6) is 5.75 Å². The first-order valence-corrected chi connectivity index (χ1v) is 9.39. The standard InChI is InChI=1S/C21H24N6O3/c1-30-19-7-6-14(12-17(19)22)18-8-10-23-20(27-18)25-15-4-2-5-16(13-15)26-21(29)24-9-3-11-28/h2,4-8,10,12-13,28H,3,9,11,22H2,1H3,(H,23,25,27)(H2,24,26,29). The number of urea groups is 1. The number of nitrogens with zero attached hydrogens (tertiary/aromatic N) is 2. The summed E-state index contributed by atoms with van der Waals surface area (Å²) in [7, 11) is 1.57. The molecule has 3 rings (SSSR count). The van der Waals surface area contributed by atoms with E-state index in [4.69, 9.17) is 15.6 Å². The van der Waals surface area contributed by atoms with Crippen LogP contribution >= 0.6 is 0 Å². The number of aromatic nitrogens is 2. The van der Waals surface area contributed by atoms with Crippen molar-refractivity contribution in [3.05, 3.63) is 54.7 Å². The molecule has 0 fully saturated rings. The van der Waals surface area contributed by atoms with Crippen molar-refractivity contribution in [3.8, 4) is 17.0 Å². The highest BCUT2D eigenvalue weighted by Crippen LogP contribution is 2.28. The highest BCUT2D eigenvalue weighted by molar-refractivity contribution is 5.89. The van der Waals surface area contributed by atoms with Gasteiger partial charge in [-0.25, -0.2) is 14.8 Å². The van der Waals surface area contributed by atoms with E-state index in [9.17, 15) is 4.79 Å². The Morgan fingerprint density at radius 1 is 1.17 bits per heavy atom. The number of hydrogen-bond donors (Lipinski definition) is 5. The number of benzene rings is 2. The summed E-state index contributed by atoms with van der Waals surface area (Å²) in [5, 5.41) is 17.3. The van der Waals surface area contributed by atoms with Crippen LogP contribution in [0.15, 0.2) is 54.7 Å². The minimum absolute atomic E-state index is 0.0296. The molecule has 6 N–H and O–H groups in total. The minimum atomic E-state index is -0.337. The first kappa shape index (κ1) is 20.9. The normalized spacial score (nSPS) is 10.3. The summed E-state index contributed by atoms with van der Waals surface area (Å²) >= 11 is 0. The molecule has 2 aromatic carbocycles. The number of nitrogen functional groups attached to an aromatic ring is 1. The molecule has 9 heteroatoms. The van der Waals surface area contributed by atoms with Gasteiger partial charge in [0.05, 0.1) is 18.5 Å². The number of methoxy groups -OCH3 is 1. The molecule has 3 aromatic rings. The van der Waals surface area contributed by atoms with Gasteiger partial charge in [0.1, 0.15) is 5.75 Å². The summed E-state index contributed by atoms with van der Waals surface area (Å²) in [5.74, 6) is 1.02. The van der Waals surface area contributed by atoms with Gasteiger partial charge < -0.3 is 31.5 Å². The zero-order chi connectivity index (χ0) is 21.3. The Bertz CT molecular complexity index is 1010. The van der Waals surface area contributed by atoms with E-state index < -0.39 is 0 Å². The maximum absolute atomic E-state index is 11.9. The van der Waals surface area contributed by atoms with Crippen LogP contribution in [0.25, 0.3) is 11.3 Å². The lowest BCUT2D eigenvalue weighted by atomic mass is 10.1. The molecule has 2 amide bonds. The molecule has 0 spiro atoms. The molecular weight excluding hydrogens is 384 g/mol. The van der Waals surface area contributed by atoms with Gasteiger partial charge in [-0.3, -0.25) is 0 Å². The third-order valence-corrected chi connectivity index (χ3v) is 4.18. The predicted molar refractivity (Wildman–Crippen MR) is 117 cm³/mol. The van der Waals surface area contributed by atoms with E-state index in [2.05, 4.69) is 25.9 Å². The van der Waals surface area contributed by atoms with E-state index in [0.717, 1.165) is 11.3 Å². The summed E-state index contributed by atoms with van der Waals surface area (Å²) in [4.78, 5) is 20.7. The molecular formula is C21H24N6O3. The molecule has 0 radical (unpaired) electrons. The Labute approximate surface area is 174 Å². The van der Waals surface area contributed by atoms with Crippen molar-refractivity contribution in [3.63, 3.8) is 0 Å². The van der Waals surface area contributed by atoms with Gasteiger partial charge in [0, 0.05) is 36.3 Å². The average molecular weight is 408 g/mol. The van der Waals surface area contributed by atoms with Crippen LogP contribution in [0.4, 0.5) is 27.8 Å². The first-order valence-electron chi connectivity index (χ1n) is 9.39. The number of aliphatic hydroxyl groups is 1. The summed E-state index contributed by atoms with van der Waals surface area (Å²) < 4.78 is 5.19. The van der Waals surface area contributed by atoms with E-state index in [1.807, 2.05) is 12.1 Å². The van der Waals surface area contributed by atoms with Gasteiger partial charge in [0.15, 0.2) is 0 Å². The van der Waals surface area contributed by atoms with Crippen LogP contribution in [0.2, 0.25) is 0 Å². The zero-order valence-electron chi connectivity index (χ0n) is 16.6. The average Bonchev–Trinajstić information content (AvgIpc) is 2.74. The molecule has 0 saturated carbocycles. The van der Waals surface area contributed by atoms with Gasteiger partial charge in [-0.2, -0.15) is 0 Å². The number of nitrogens with two attached hydrogens (primary N) is 1. The second-order valence-electron chi connectivity index (χ2n) is 6.39. The van der Waals surface area contributed by atoms with Gasteiger partial charge in [-0.15, -0.1) is 0 Å². The van der Waals surface area contributed by atoms with Gasteiger partial charge in [0.25, 0.3) is 0 Å². The van der Waals surface area contributed by atoms with Crippen molar-refractivity contribution in [2.24, 2.45) is 0 Å². The molecule has 0 atom stereocenters. The van der Waals surface area contributed by atoms with Crippen LogP contribution in [0, 0.1) is 0 Å². The van der Waals surface area contributed by atoms with Crippen molar-refractivity contribution < 1.29 is 14.6 Å². The second kappa shape index (κ2) is 10.1. The van der Waals surface area contributed by atoms with Crippen LogP contribution < -0.4 is 26.4 Å². The molecule has 156 valence electrons. The smallest absolute Gasteiger partial charge is 0.319 e. The fourth-order valence-electron chi connectivity index (χ4n) is 2.73. The number of rotatable bonds is 8. The largest absolute Gasteiger partial charge is 0.495 e. The maximum atomic E-state index is 11.9. The zero-order valence-corrected chi connectivity index (χ0v) is 16.6. The van der Waals surface area contributed by atoms with Crippen molar-refractivity contribution >= 4 is 29.0 Å². The monoisotopic (exact) mass is 408 g/mol. The Kier molecular flexibility index (Phi) is 7.01. The second-order valence-corrected chi connectivity index (χ2v) is 6.39. The van der Waals surface area contributed by atoms with E-state index >= 15 is 0 Å². The topological polar surface area (TPSA) is 134 Å². The number of amides is 2. The van der Waals surface area contributed by atoms with E-state index in [-0.39, 0.29) is 12.6 Å². The molecule has 0 bridgehead atoms. The highest BCUT2D eigenvalue weighted by Gasteiger charge is 2.07. The summed E-state index contributed by atoms with van der Waals surface area (Å²) in [6, 6.07) is 14.1. The first-order chi connectivity index (χ1) is 14.6. The Balaban J connectivity index is 1.70.